The number of hydrogen-bond donors (Lipinski definition) is 1. The molecule has 1 aromatic rings. The molecule has 1 aliphatic carbocycles. The Bertz CT molecular complexity index is 372. The van der Waals surface area contributed by atoms with Crippen molar-refractivity contribution in [1.82, 2.24) is 4.98 Å². The Labute approximate surface area is 101 Å². The van der Waals surface area contributed by atoms with E-state index in [0.29, 0.717) is 18.8 Å². The maximum atomic E-state index is 11.6. The number of aromatic nitrogens is 1. The molecule has 1 fully saturated rings. The fraction of sp³-hybridized carbons (Fsp3) is 0.538. The van der Waals surface area contributed by atoms with Crippen molar-refractivity contribution in [2.75, 3.05) is 6.61 Å². The minimum atomic E-state index is -0.340. The molecule has 1 aromatic heterocycles. The Morgan fingerprint density at radius 1 is 1.47 bits per heavy atom. The van der Waals surface area contributed by atoms with E-state index >= 15 is 0 Å². The van der Waals surface area contributed by atoms with Crippen LogP contribution in [0, 0.1) is 5.92 Å². The van der Waals surface area contributed by atoms with Gasteiger partial charge >= 0.3 is 5.97 Å². The SMILES string of the molecule is NCc1ccc(C(=O)OCCC2CCC2)nc1. The molecule has 1 heterocycles. The highest BCUT2D eigenvalue weighted by atomic mass is 16.5. The Morgan fingerprint density at radius 2 is 2.29 bits per heavy atom. The molecule has 0 radical (unpaired) electrons. The molecule has 2 N–H and O–H groups in total. The predicted octanol–water partition coefficient (Wildman–Crippen LogP) is 1.89. The first-order chi connectivity index (χ1) is 8.29. The summed E-state index contributed by atoms with van der Waals surface area (Å²) in [5.74, 6) is 0.420. The first-order valence-corrected chi connectivity index (χ1v) is 6.11. The van der Waals surface area contributed by atoms with Crippen LogP contribution in [0.1, 0.15) is 41.7 Å². The summed E-state index contributed by atoms with van der Waals surface area (Å²) in [6.45, 7) is 0.938. The number of carbonyl (C=O) groups is 1. The summed E-state index contributed by atoms with van der Waals surface area (Å²) in [6.07, 6.45) is 6.47. The van der Waals surface area contributed by atoms with Gasteiger partial charge < -0.3 is 10.5 Å². The molecular weight excluding hydrogens is 216 g/mol. The molecule has 1 aliphatic rings. The van der Waals surface area contributed by atoms with Crippen molar-refractivity contribution in [3.63, 3.8) is 0 Å². The van der Waals surface area contributed by atoms with Crippen LogP contribution in [0.4, 0.5) is 0 Å². The van der Waals surface area contributed by atoms with Gasteiger partial charge in [-0.15, -0.1) is 0 Å². The average Bonchev–Trinajstić information content (AvgIpc) is 2.32. The monoisotopic (exact) mass is 234 g/mol. The van der Waals surface area contributed by atoms with Crippen LogP contribution in [0.15, 0.2) is 18.3 Å². The van der Waals surface area contributed by atoms with Crippen molar-refractivity contribution in [3.05, 3.63) is 29.6 Å². The Hall–Kier alpha value is -1.42. The first-order valence-electron chi connectivity index (χ1n) is 6.11. The molecule has 1 saturated carbocycles. The lowest BCUT2D eigenvalue weighted by Crippen LogP contribution is -2.16. The summed E-state index contributed by atoms with van der Waals surface area (Å²) in [5.41, 5.74) is 6.73. The molecule has 0 amide bonds. The zero-order chi connectivity index (χ0) is 12.1. The van der Waals surface area contributed by atoms with Gasteiger partial charge in [0, 0.05) is 12.7 Å². The Kier molecular flexibility index (Phi) is 4.09. The van der Waals surface area contributed by atoms with Crippen molar-refractivity contribution in [2.24, 2.45) is 11.7 Å². The molecule has 0 aliphatic heterocycles. The van der Waals surface area contributed by atoms with E-state index in [1.54, 1.807) is 18.3 Å². The van der Waals surface area contributed by atoms with Crippen LogP contribution in [-0.2, 0) is 11.3 Å². The number of nitrogens with zero attached hydrogens (tertiary/aromatic N) is 1. The topological polar surface area (TPSA) is 65.2 Å². The zero-order valence-electron chi connectivity index (χ0n) is 9.89. The molecule has 0 aromatic carbocycles. The lowest BCUT2D eigenvalue weighted by molar-refractivity contribution is 0.0457. The van der Waals surface area contributed by atoms with Crippen molar-refractivity contribution in [1.29, 1.82) is 0 Å². The van der Waals surface area contributed by atoms with Gasteiger partial charge in [0.1, 0.15) is 5.69 Å². The first kappa shape index (κ1) is 12.0. The molecule has 0 spiro atoms. The molecule has 17 heavy (non-hydrogen) atoms. The molecular formula is C13H18N2O2. The standard InChI is InChI=1S/C13H18N2O2/c14-8-11-4-5-12(15-9-11)13(16)17-7-6-10-2-1-3-10/h4-5,9-10H,1-3,6-8,14H2. The molecule has 92 valence electrons. The van der Waals surface area contributed by atoms with Gasteiger partial charge in [0.25, 0.3) is 0 Å². The third-order valence-corrected chi connectivity index (χ3v) is 3.25. The van der Waals surface area contributed by atoms with Gasteiger partial charge in [-0.05, 0) is 24.0 Å². The second kappa shape index (κ2) is 5.77. The van der Waals surface area contributed by atoms with E-state index in [1.165, 1.54) is 19.3 Å². The highest BCUT2D eigenvalue weighted by molar-refractivity contribution is 5.87. The second-order valence-corrected chi connectivity index (χ2v) is 4.48. The third kappa shape index (κ3) is 3.27. The fourth-order valence-electron chi connectivity index (χ4n) is 1.84. The van der Waals surface area contributed by atoms with Gasteiger partial charge in [0.15, 0.2) is 0 Å². The van der Waals surface area contributed by atoms with Crippen molar-refractivity contribution in [2.45, 2.75) is 32.2 Å². The summed E-state index contributed by atoms with van der Waals surface area (Å²) < 4.78 is 5.18. The summed E-state index contributed by atoms with van der Waals surface area (Å²) in [5, 5.41) is 0. The molecule has 0 saturated heterocycles. The normalized spacial score (nSPS) is 15.4. The maximum absolute atomic E-state index is 11.6. The number of esters is 1. The summed E-state index contributed by atoms with van der Waals surface area (Å²) in [4.78, 5) is 15.6. The second-order valence-electron chi connectivity index (χ2n) is 4.48. The maximum Gasteiger partial charge on any atom is 0.356 e. The van der Waals surface area contributed by atoms with E-state index in [4.69, 9.17) is 10.5 Å². The van der Waals surface area contributed by atoms with Gasteiger partial charge in [-0.25, -0.2) is 9.78 Å². The number of hydrogen-bond acceptors (Lipinski definition) is 4. The van der Waals surface area contributed by atoms with Crippen molar-refractivity contribution in [3.8, 4) is 0 Å². The lowest BCUT2D eigenvalue weighted by Gasteiger charge is -2.24. The number of ether oxygens (including phenoxy) is 1. The van der Waals surface area contributed by atoms with Crippen LogP contribution in [0.3, 0.4) is 0 Å². The van der Waals surface area contributed by atoms with Gasteiger partial charge in [-0.3, -0.25) is 0 Å². The van der Waals surface area contributed by atoms with Gasteiger partial charge in [0.2, 0.25) is 0 Å². The van der Waals surface area contributed by atoms with Crippen LogP contribution >= 0.6 is 0 Å². The van der Waals surface area contributed by atoms with Crippen molar-refractivity contribution < 1.29 is 9.53 Å². The highest BCUT2D eigenvalue weighted by Gasteiger charge is 2.18. The Morgan fingerprint density at radius 3 is 2.82 bits per heavy atom. The van der Waals surface area contributed by atoms with Crippen LogP contribution in [0.25, 0.3) is 0 Å². The average molecular weight is 234 g/mol. The molecule has 0 bridgehead atoms. The summed E-state index contributed by atoms with van der Waals surface area (Å²) in [7, 11) is 0. The van der Waals surface area contributed by atoms with E-state index in [2.05, 4.69) is 4.98 Å². The van der Waals surface area contributed by atoms with E-state index in [-0.39, 0.29) is 5.97 Å². The Balaban J connectivity index is 1.77. The lowest BCUT2D eigenvalue weighted by atomic mass is 9.83. The van der Waals surface area contributed by atoms with Gasteiger partial charge in [0.05, 0.1) is 6.61 Å². The molecule has 4 heteroatoms. The minimum absolute atomic E-state index is 0.340. The molecule has 2 rings (SSSR count). The van der Waals surface area contributed by atoms with Crippen LogP contribution in [0.2, 0.25) is 0 Å². The van der Waals surface area contributed by atoms with E-state index in [9.17, 15) is 4.79 Å². The van der Waals surface area contributed by atoms with E-state index in [0.717, 1.165) is 17.9 Å². The predicted molar refractivity (Wildman–Crippen MR) is 64.4 cm³/mol. The number of rotatable bonds is 5. The summed E-state index contributed by atoms with van der Waals surface area (Å²) >= 11 is 0. The fourth-order valence-corrected chi connectivity index (χ4v) is 1.84. The largest absolute Gasteiger partial charge is 0.461 e. The molecule has 0 unspecified atom stereocenters. The molecule has 4 nitrogen and oxygen atoms in total. The quantitative estimate of drug-likeness (QED) is 0.790. The van der Waals surface area contributed by atoms with E-state index in [1.807, 2.05) is 0 Å². The van der Waals surface area contributed by atoms with Crippen LogP contribution < -0.4 is 5.73 Å². The van der Waals surface area contributed by atoms with E-state index < -0.39 is 0 Å². The summed E-state index contributed by atoms with van der Waals surface area (Å²) in [6, 6.07) is 3.46. The minimum Gasteiger partial charge on any atom is -0.461 e. The number of carbonyl (C=O) groups excluding carboxylic acids is 1. The van der Waals surface area contributed by atoms with Crippen LogP contribution in [-0.4, -0.2) is 17.6 Å². The van der Waals surface area contributed by atoms with Gasteiger partial charge in [-0.1, -0.05) is 25.3 Å². The third-order valence-electron chi connectivity index (χ3n) is 3.25. The highest BCUT2D eigenvalue weighted by Crippen LogP contribution is 2.29. The zero-order valence-corrected chi connectivity index (χ0v) is 9.89. The van der Waals surface area contributed by atoms with Gasteiger partial charge in [-0.2, -0.15) is 0 Å². The van der Waals surface area contributed by atoms with Crippen molar-refractivity contribution >= 4 is 5.97 Å². The smallest absolute Gasteiger partial charge is 0.356 e. The number of pyridine rings is 1. The molecule has 0 atom stereocenters. The van der Waals surface area contributed by atoms with Crippen LogP contribution in [0.5, 0.6) is 0 Å². The number of nitrogens with two attached hydrogens (primary N) is 1.